The molecular weight excluding hydrogens is 274 g/mol. The fourth-order valence-corrected chi connectivity index (χ4v) is 1.97. The lowest BCUT2D eigenvalue weighted by Crippen LogP contribution is -2.55. The summed E-state index contributed by atoms with van der Waals surface area (Å²) in [7, 11) is 2.96. The van der Waals surface area contributed by atoms with E-state index in [1.807, 2.05) is 24.3 Å². The van der Waals surface area contributed by atoms with Gasteiger partial charge in [0.1, 0.15) is 5.75 Å². The molecule has 1 aromatic rings. The fourth-order valence-electron chi connectivity index (χ4n) is 1.97. The zero-order chi connectivity index (χ0) is 15.9. The van der Waals surface area contributed by atoms with Gasteiger partial charge in [0.15, 0.2) is 5.54 Å². The monoisotopic (exact) mass is 295 g/mol. The van der Waals surface area contributed by atoms with Crippen LogP contribution in [0.2, 0.25) is 0 Å². The van der Waals surface area contributed by atoms with Crippen LogP contribution >= 0.6 is 0 Å². The Morgan fingerprint density at radius 1 is 1.29 bits per heavy atom. The first-order valence-electron chi connectivity index (χ1n) is 6.58. The largest absolute Gasteiger partial charge is 0.496 e. The molecule has 0 heterocycles. The Morgan fingerprint density at radius 3 is 2.52 bits per heavy atom. The molecule has 1 aromatic carbocycles. The normalized spacial score (nSPS) is 13.3. The fraction of sp³-hybridized carbons (Fsp3) is 0.467. The molecule has 0 saturated carbocycles. The van der Waals surface area contributed by atoms with E-state index in [4.69, 9.17) is 14.6 Å². The first kappa shape index (κ1) is 17.0. The number of carbonyl (C=O) groups is 2. The maximum Gasteiger partial charge on any atom is 0.331 e. The minimum atomic E-state index is -1.42. The zero-order valence-corrected chi connectivity index (χ0v) is 12.5. The number of hydrogen-bond acceptors (Lipinski definition) is 4. The van der Waals surface area contributed by atoms with Crippen LogP contribution in [0.4, 0.5) is 0 Å². The molecule has 0 aliphatic carbocycles. The molecule has 1 atom stereocenters. The number of carboxylic acid groups (broad SMARTS) is 1. The van der Waals surface area contributed by atoms with E-state index >= 15 is 0 Å². The van der Waals surface area contributed by atoms with Crippen LogP contribution in [0.1, 0.15) is 18.9 Å². The first-order chi connectivity index (χ1) is 9.92. The average Bonchev–Trinajstić information content (AvgIpc) is 2.45. The number of aryl methyl sites for hydroxylation is 1. The number of benzene rings is 1. The van der Waals surface area contributed by atoms with E-state index in [1.165, 1.54) is 14.0 Å². The summed E-state index contributed by atoms with van der Waals surface area (Å²) in [6.45, 7) is 1.32. The maximum atomic E-state index is 11.9. The summed E-state index contributed by atoms with van der Waals surface area (Å²) < 4.78 is 10.1. The van der Waals surface area contributed by atoms with Crippen molar-refractivity contribution in [1.29, 1.82) is 0 Å². The summed E-state index contributed by atoms with van der Waals surface area (Å²) in [4.78, 5) is 23.1. The molecule has 21 heavy (non-hydrogen) atoms. The lowest BCUT2D eigenvalue weighted by atomic mass is 10.0. The standard InChI is InChI=1S/C15H21NO5/c1-15(10-20-2,14(18)19)16-13(17)9-8-11-6-4-5-7-12(11)21-3/h4-7H,8-10H2,1-3H3,(H,16,17)(H,18,19). The van der Waals surface area contributed by atoms with Gasteiger partial charge in [-0.2, -0.15) is 0 Å². The van der Waals surface area contributed by atoms with Gasteiger partial charge in [-0.3, -0.25) is 4.79 Å². The third-order valence-electron chi connectivity index (χ3n) is 3.13. The van der Waals surface area contributed by atoms with Crippen molar-refractivity contribution in [3.8, 4) is 5.75 Å². The molecule has 116 valence electrons. The summed E-state index contributed by atoms with van der Waals surface area (Å²) in [5.41, 5.74) is -0.522. The van der Waals surface area contributed by atoms with Crippen LogP contribution in [0.15, 0.2) is 24.3 Å². The van der Waals surface area contributed by atoms with Crippen LogP contribution in [0.5, 0.6) is 5.75 Å². The van der Waals surface area contributed by atoms with Crippen molar-refractivity contribution in [2.24, 2.45) is 0 Å². The average molecular weight is 295 g/mol. The topological polar surface area (TPSA) is 84.9 Å². The van der Waals surface area contributed by atoms with Gasteiger partial charge in [-0.25, -0.2) is 4.79 Å². The zero-order valence-electron chi connectivity index (χ0n) is 12.5. The Hall–Kier alpha value is -2.08. The summed E-state index contributed by atoms with van der Waals surface area (Å²) in [6.07, 6.45) is 0.644. The number of methoxy groups -OCH3 is 2. The summed E-state index contributed by atoms with van der Waals surface area (Å²) in [6, 6.07) is 7.40. The molecule has 0 fully saturated rings. The third-order valence-corrected chi connectivity index (χ3v) is 3.13. The summed E-state index contributed by atoms with van der Waals surface area (Å²) >= 11 is 0. The van der Waals surface area contributed by atoms with Crippen LogP contribution in [0.25, 0.3) is 0 Å². The third kappa shape index (κ3) is 4.75. The van der Waals surface area contributed by atoms with Gasteiger partial charge in [0.25, 0.3) is 0 Å². The molecule has 0 aliphatic rings. The van der Waals surface area contributed by atoms with Gasteiger partial charge in [0, 0.05) is 13.5 Å². The highest BCUT2D eigenvalue weighted by Crippen LogP contribution is 2.19. The van der Waals surface area contributed by atoms with E-state index in [1.54, 1.807) is 7.11 Å². The number of rotatable bonds is 8. The van der Waals surface area contributed by atoms with Crippen molar-refractivity contribution in [3.05, 3.63) is 29.8 Å². The second kappa shape index (κ2) is 7.64. The number of nitrogens with one attached hydrogen (secondary N) is 1. The van der Waals surface area contributed by atoms with E-state index in [0.717, 1.165) is 5.56 Å². The molecule has 6 heteroatoms. The Balaban J connectivity index is 2.63. The van der Waals surface area contributed by atoms with E-state index in [2.05, 4.69) is 5.32 Å². The second-order valence-electron chi connectivity index (χ2n) is 4.93. The van der Waals surface area contributed by atoms with Gasteiger partial charge in [-0.05, 0) is 25.0 Å². The molecule has 0 bridgehead atoms. The molecule has 1 rings (SSSR count). The van der Waals surface area contributed by atoms with Crippen LogP contribution < -0.4 is 10.1 Å². The first-order valence-corrected chi connectivity index (χ1v) is 6.58. The van der Waals surface area contributed by atoms with Gasteiger partial charge < -0.3 is 19.9 Å². The maximum absolute atomic E-state index is 11.9. The molecule has 2 N–H and O–H groups in total. The molecule has 0 spiro atoms. The number of amides is 1. The van der Waals surface area contributed by atoms with E-state index < -0.39 is 11.5 Å². The van der Waals surface area contributed by atoms with E-state index in [0.29, 0.717) is 12.2 Å². The molecular formula is C15H21NO5. The van der Waals surface area contributed by atoms with Gasteiger partial charge >= 0.3 is 5.97 Å². The van der Waals surface area contributed by atoms with Crippen molar-refractivity contribution in [1.82, 2.24) is 5.32 Å². The van der Waals surface area contributed by atoms with Crippen LogP contribution in [-0.4, -0.2) is 43.3 Å². The number of carboxylic acids is 1. The van der Waals surface area contributed by atoms with Crippen molar-refractivity contribution in [3.63, 3.8) is 0 Å². The molecule has 6 nitrogen and oxygen atoms in total. The summed E-state index contributed by atoms with van der Waals surface area (Å²) in [5, 5.41) is 11.7. The Morgan fingerprint density at radius 2 is 1.95 bits per heavy atom. The minimum absolute atomic E-state index is 0.0945. The SMILES string of the molecule is COCC(C)(NC(=O)CCc1ccccc1OC)C(=O)O. The molecule has 1 amide bonds. The lowest BCUT2D eigenvalue weighted by molar-refractivity contribution is -0.149. The quantitative estimate of drug-likeness (QED) is 0.753. The Kier molecular flexibility index (Phi) is 6.17. The highest BCUT2D eigenvalue weighted by atomic mass is 16.5. The number of para-hydroxylation sites is 1. The predicted octanol–water partition coefficient (Wildman–Crippen LogP) is 1.23. The highest BCUT2D eigenvalue weighted by Gasteiger charge is 2.34. The van der Waals surface area contributed by atoms with Crippen molar-refractivity contribution in [2.45, 2.75) is 25.3 Å². The predicted molar refractivity (Wildman–Crippen MR) is 77.4 cm³/mol. The van der Waals surface area contributed by atoms with Gasteiger partial charge in [0.05, 0.1) is 13.7 Å². The van der Waals surface area contributed by atoms with Gasteiger partial charge in [-0.15, -0.1) is 0 Å². The van der Waals surface area contributed by atoms with Gasteiger partial charge in [0.2, 0.25) is 5.91 Å². The van der Waals surface area contributed by atoms with Crippen LogP contribution in [-0.2, 0) is 20.7 Å². The number of ether oxygens (including phenoxy) is 2. The number of carbonyl (C=O) groups excluding carboxylic acids is 1. The van der Waals surface area contributed by atoms with Gasteiger partial charge in [-0.1, -0.05) is 18.2 Å². The lowest BCUT2D eigenvalue weighted by Gasteiger charge is -2.25. The Labute approximate surface area is 124 Å². The highest BCUT2D eigenvalue weighted by molar-refractivity contribution is 5.86. The number of aliphatic carboxylic acids is 1. The number of hydrogen-bond donors (Lipinski definition) is 2. The van der Waals surface area contributed by atoms with Crippen LogP contribution in [0.3, 0.4) is 0 Å². The molecule has 0 aliphatic heterocycles. The van der Waals surface area contributed by atoms with E-state index in [9.17, 15) is 9.59 Å². The molecule has 0 aromatic heterocycles. The van der Waals surface area contributed by atoms with Crippen molar-refractivity contribution in [2.75, 3.05) is 20.8 Å². The second-order valence-corrected chi connectivity index (χ2v) is 4.93. The smallest absolute Gasteiger partial charge is 0.331 e. The summed E-state index contributed by atoms with van der Waals surface area (Å²) in [5.74, 6) is -0.763. The van der Waals surface area contributed by atoms with Crippen molar-refractivity contribution < 1.29 is 24.2 Å². The Bertz CT molecular complexity index is 503. The molecule has 0 radical (unpaired) electrons. The molecule has 1 unspecified atom stereocenters. The minimum Gasteiger partial charge on any atom is -0.496 e. The van der Waals surface area contributed by atoms with E-state index in [-0.39, 0.29) is 18.9 Å². The molecule has 0 saturated heterocycles. The van der Waals surface area contributed by atoms with Crippen molar-refractivity contribution >= 4 is 11.9 Å². The van der Waals surface area contributed by atoms with Crippen LogP contribution in [0, 0.1) is 0 Å².